The summed E-state index contributed by atoms with van der Waals surface area (Å²) in [7, 11) is 0.622. The topological polar surface area (TPSA) is 9.23 Å². The van der Waals surface area contributed by atoms with Gasteiger partial charge in [0.05, 0.1) is 7.11 Å². The molecule has 0 heterocycles. The van der Waals surface area contributed by atoms with Crippen LogP contribution in [-0.2, 0) is 4.74 Å². The summed E-state index contributed by atoms with van der Waals surface area (Å²) in [4.78, 5) is 0. The molecule has 0 bridgehead atoms. The lowest BCUT2D eigenvalue weighted by atomic mass is 10.2. The van der Waals surface area contributed by atoms with E-state index in [0.717, 1.165) is 0 Å². The summed E-state index contributed by atoms with van der Waals surface area (Å²) in [5.74, 6) is -17.0. The van der Waals surface area contributed by atoms with Crippen LogP contribution < -0.4 is 0 Å². The number of hydrogen-bond donors (Lipinski definition) is 0. The van der Waals surface area contributed by atoms with E-state index in [1.54, 1.807) is 0 Å². The molecule has 0 saturated carbocycles. The van der Waals surface area contributed by atoms with Crippen molar-refractivity contribution in [1.29, 1.82) is 0 Å². The van der Waals surface area contributed by atoms with E-state index in [1.807, 2.05) is 0 Å². The third-order valence-electron chi connectivity index (χ3n) is 1.65. The summed E-state index contributed by atoms with van der Waals surface area (Å²) in [6.45, 7) is 0. The molecule has 1 aliphatic rings. The zero-order chi connectivity index (χ0) is 10.5. The summed E-state index contributed by atoms with van der Waals surface area (Å²) in [6.07, 6.45) is -0.562. The molecule has 0 spiro atoms. The highest BCUT2D eigenvalue weighted by Crippen LogP contribution is 2.55. The predicted molar refractivity (Wildman–Crippen MR) is 29.9 cm³/mol. The number of hydrogen-bond acceptors (Lipinski definition) is 1. The summed E-state index contributed by atoms with van der Waals surface area (Å²) in [5.41, 5.74) is 0. The minimum Gasteiger partial charge on any atom is -0.495 e. The van der Waals surface area contributed by atoms with Gasteiger partial charge in [-0.1, -0.05) is 0 Å². The maximum atomic E-state index is 12.5. The zero-order valence-corrected chi connectivity index (χ0v) is 6.25. The summed E-state index contributed by atoms with van der Waals surface area (Å²) in [6, 6.07) is 0. The van der Waals surface area contributed by atoms with Crippen molar-refractivity contribution in [2.75, 3.05) is 7.11 Å². The fourth-order valence-electron chi connectivity index (χ4n) is 0.897. The van der Waals surface area contributed by atoms with Gasteiger partial charge in [-0.3, -0.25) is 0 Å². The lowest BCUT2D eigenvalue weighted by Crippen LogP contribution is -2.48. The molecule has 0 amide bonds. The molecule has 0 aromatic rings. The van der Waals surface area contributed by atoms with Crippen molar-refractivity contribution in [3.63, 3.8) is 0 Å². The van der Waals surface area contributed by atoms with Crippen molar-refractivity contribution in [2.45, 2.75) is 17.8 Å². The lowest BCUT2D eigenvalue weighted by molar-refractivity contribution is -0.268. The number of ether oxygens (including phenoxy) is 1. The summed E-state index contributed by atoms with van der Waals surface area (Å²) >= 11 is 0. The lowest BCUT2D eigenvalue weighted by Gasteiger charge is -2.23. The van der Waals surface area contributed by atoms with E-state index >= 15 is 0 Å². The number of rotatable bonds is 1. The van der Waals surface area contributed by atoms with Crippen LogP contribution in [0.2, 0.25) is 0 Å². The average Bonchev–Trinajstić information content (AvgIpc) is 2.08. The first-order valence-electron chi connectivity index (χ1n) is 3.07. The van der Waals surface area contributed by atoms with Gasteiger partial charge in [-0.2, -0.15) is 26.3 Å². The molecule has 76 valence electrons. The third kappa shape index (κ3) is 1.02. The molecule has 0 fully saturated rings. The zero-order valence-electron chi connectivity index (χ0n) is 6.25. The Labute approximate surface area is 69.0 Å². The van der Waals surface area contributed by atoms with E-state index in [2.05, 4.69) is 4.74 Å². The molecular formula is C6H4F6O. The minimum atomic E-state index is -5.43. The Kier molecular flexibility index (Phi) is 1.83. The maximum absolute atomic E-state index is 12.5. The fourth-order valence-corrected chi connectivity index (χ4v) is 0.897. The Morgan fingerprint density at radius 1 is 1.08 bits per heavy atom. The van der Waals surface area contributed by atoms with Gasteiger partial charge in [-0.25, -0.2) is 0 Å². The Balaban J connectivity index is 3.21. The van der Waals surface area contributed by atoms with Crippen LogP contribution in [0.15, 0.2) is 11.8 Å². The molecule has 0 unspecified atom stereocenters. The number of methoxy groups -OCH3 is 1. The van der Waals surface area contributed by atoms with Gasteiger partial charge in [0.1, 0.15) is 0 Å². The monoisotopic (exact) mass is 206 g/mol. The second kappa shape index (κ2) is 2.33. The molecule has 1 aliphatic carbocycles. The van der Waals surface area contributed by atoms with Gasteiger partial charge < -0.3 is 4.74 Å². The van der Waals surface area contributed by atoms with Crippen molar-refractivity contribution in [3.8, 4) is 0 Å². The SMILES string of the molecule is COC1=CC(F)(F)C(F)(F)C1(F)F. The molecule has 0 saturated heterocycles. The summed E-state index contributed by atoms with van der Waals surface area (Å²) < 4.78 is 77.8. The van der Waals surface area contributed by atoms with Crippen LogP contribution >= 0.6 is 0 Å². The molecule has 0 aliphatic heterocycles. The van der Waals surface area contributed by atoms with Gasteiger partial charge in [0.2, 0.25) is 0 Å². The molecule has 0 atom stereocenters. The van der Waals surface area contributed by atoms with Crippen LogP contribution in [-0.4, -0.2) is 24.9 Å². The number of alkyl halides is 6. The van der Waals surface area contributed by atoms with Crippen LogP contribution in [0.1, 0.15) is 0 Å². The van der Waals surface area contributed by atoms with Crippen molar-refractivity contribution < 1.29 is 31.1 Å². The highest BCUT2D eigenvalue weighted by molar-refractivity contribution is 5.28. The smallest absolute Gasteiger partial charge is 0.383 e. The van der Waals surface area contributed by atoms with E-state index in [0.29, 0.717) is 7.11 Å². The largest absolute Gasteiger partial charge is 0.495 e. The van der Waals surface area contributed by atoms with Gasteiger partial charge in [-0.05, 0) is 0 Å². The normalized spacial score (nSPS) is 28.4. The predicted octanol–water partition coefficient (Wildman–Crippen LogP) is 2.44. The van der Waals surface area contributed by atoms with E-state index < -0.39 is 29.6 Å². The molecule has 0 aromatic heterocycles. The highest BCUT2D eigenvalue weighted by Gasteiger charge is 2.77. The maximum Gasteiger partial charge on any atom is 0.383 e. The molecular weight excluding hydrogens is 202 g/mol. The van der Waals surface area contributed by atoms with E-state index in [1.165, 1.54) is 0 Å². The van der Waals surface area contributed by atoms with Crippen molar-refractivity contribution >= 4 is 0 Å². The van der Waals surface area contributed by atoms with Gasteiger partial charge >= 0.3 is 17.8 Å². The van der Waals surface area contributed by atoms with Crippen LogP contribution in [0, 0.1) is 0 Å². The van der Waals surface area contributed by atoms with Gasteiger partial charge in [0.15, 0.2) is 5.76 Å². The first-order valence-corrected chi connectivity index (χ1v) is 3.07. The molecule has 1 nitrogen and oxygen atoms in total. The van der Waals surface area contributed by atoms with Crippen molar-refractivity contribution in [2.24, 2.45) is 0 Å². The Hall–Kier alpha value is -0.880. The van der Waals surface area contributed by atoms with Crippen LogP contribution in [0.25, 0.3) is 0 Å². The van der Waals surface area contributed by atoms with Crippen LogP contribution in [0.5, 0.6) is 0 Å². The second-order valence-corrected chi connectivity index (χ2v) is 2.48. The standard InChI is InChI=1S/C6H4F6O/c1-13-3-2-4(7,8)6(11,12)5(3,9)10/h2H,1H3. The Morgan fingerprint density at radius 2 is 1.54 bits per heavy atom. The Morgan fingerprint density at radius 3 is 1.69 bits per heavy atom. The minimum absolute atomic E-state index is 0.562. The molecule has 0 aromatic carbocycles. The van der Waals surface area contributed by atoms with E-state index in [4.69, 9.17) is 0 Å². The second-order valence-electron chi connectivity index (χ2n) is 2.48. The average molecular weight is 206 g/mol. The molecule has 7 heteroatoms. The Bertz CT molecular complexity index is 256. The van der Waals surface area contributed by atoms with Gasteiger partial charge in [0.25, 0.3) is 0 Å². The van der Waals surface area contributed by atoms with Crippen molar-refractivity contribution in [1.82, 2.24) is 0 Å². The molecule has 1 rings (SSSR count). The summed E-state index contributed by atoms with van der Waals surface area (Å²) in [5, 5.41) is 0. The fraction of sp³-hybridized carbons (Fsp3) is 0.667. The third-order valence-corrected chi connectivity index (χ3v) is 1.65. The van der Waals surface area contributed by atoms with Gasteiger partial charge in [-0.15, -0.1) is 0 Å². The molecule has 0 radical (unpaired) electrons. The number of allylic oxidation sites excluding steroid dienone is 2. The van der Waals surface area contributed by atoms with Gasteiger partial charge in [0, 0.05) is 6.08 Å². The van der Waals surface area contributed by atoms with Crippen LogP contribution in [0.4, 0.5) is 26.3 Å². The highest BCUT2D eigenvalue weighted by atomic mass is 19.3. The molecule has 13 heavy (non-hydrogen) atoms. The first kappa shape index (κ1) is 10.2. The quantitative estimate of drug-likeness (QED) is 0.598. The van der Waals surface area contributed by atoms with E-state index in [9.17, 15) is 26.3 Å². The molecule has 0 N–H and O–H groups in total. The number of halogens is 6. The van der Waals surface area contributed by atoms with Crippen LogP contribution in [0.3, 0.4) is 0 Å². The first-order chi connectivity index (χ1) is 5.67. The van der Waals surface area contributed by atoms with Crippen molar-refractivity contribution in [3.05, 3.63) is 11.8 Å². The van der Waals surface area contributed by atoms with E-state index in [-0.39, 0.29) is 0 Å².